The molecule has 1 saturated heterocycles. The molecule has 7 nitrogen and oxygen atoms in total. The van der Waals surface area contributed by atoms with Gasteiger partial charge in [-0.1, -0.05) is 22.0 Å². The van der Waals surface area contributed by atoms with Gasteiger partial charge in [-0.2, -0.15) is 0 Å². The highest BCUT2D eigenvalue weighted by atomic mass is 79.9. The average molecular weight is 381 g/mol. The Bertz CT molecular complexity index is 714. The van der Waals surface area contributed by atoms with Crippen LogP contribution in [0.3, 0.4) is 0 Å². The number of rotatable bonds is 6. The fourth-order valence-corrected chi connectivity index (χ4v) is 2.30. The van der Waals surface area contributed by atoms with Crippen molar-refractivity contribution >= 4 is 39.9 Å². The number of hydrogen-bond donors (Lipinski definition) is 2. The van der Waals surface area contributed by atoms with Crippen LogP contribution >= 0.6 is 15.9 Å². The second-order valence-electron chi connectivity index (χ2n) is 4.56. The molecule has 0 radical (unpaired) electrons. The molecule has 0 atom stereocenters. The predicted octanol–water partition coefficient (Wildman–Crippen LogP) is 1.99. The number of urea groups is 1. The van der Waals surface area contributed by atoms with E-state index in [0.717, 1.165) is 4.90 Å². The van der Waals surface area contributed by atoms with Crippen LogP contribution in [0.4, 0.5) is 4.79 Å². The summed E-state index contributed by atoms with van der Waals surface area (Å²) in [6, 6.07) is 4.37. The van der Waals surface area contributed by atoms with Crippen LogP contribution < -0.4 is 10.1 Å². The number of nitrogens with one attached hydrogen (secondary N) is 1. The van der Waals surface area contributed by atoms with Gasteiger partial charge in [-0.25, -0.2) is 9.59 Å². The van der Waals surface area contributed by atoms with E-state index in [9.17, 15) is 14.4 Å². The van der Waals surface area contributed by atoms with Gasteiger partial charge in [0.15, 0.2) is 6.61 Å². The quantitative estimate of drug-likeness (QED) is 0.446. The van der Waals surface area contributed by atoms with Gasteiger partial charge in [-0.3, -0.25) is 9.69 Å². The van der Waals surface area contributed by atoms with E-state index >= 15 is 0 Å². The van der Waals surface area contributed by atoms with Gasteiger partial charge < -0.3 is 15.2 Å². The number of amides is 3. The Morgan fingerprint density at radius 1 is 1.43 bits per heavy atom. The van der Waals surface area contributed by atoms with Crippen molar-refractivity contribution in [3.05, 3.63) is 46.6 Å². The summed E-state index contributed by atoms with van der Waals surface area (Å²) in [6.07, 6.45) is 2.88. The first-order chi connectivity index (χ1) is 10.9. The van der Waals surface area contributed by atoms with E-state index in [1.54, 1.807) is 18.2 Å². The Kier molecular flexibility index (Phi) is 5.17. The molecule has 2 N–H and O–H groups in total. The molecule has 0 bridgehead atoms. The number of carboxylic acid groups (broad SMARTS) is 1. The summed E-state index contributed by atoms with van der Waals surface area (Å²) >= 11 is 3.29. The zero-order valence-corrected chi connectivity index (χ0v) is 13.5. The summed E-state index contributed by atoms with van der Waals surface area (Å²) in [4.78, 5) is 35.5. The fraction of sp³-hybridized carbons (Fsp3) is 0.133. The lowest BCUT2D eigenvalue weighted by Crippen LogP contribution is -2.30. The second-order valence-corrected chi connectivity index (χ2v) is 5.47. The normalized spacial score (nSPS) is 15.7. The number of ether oxygens (including phenoxy) is 1. The lowest BCUT2D eigenvalue weighted by atomic mass is 10.1. The van der Waals surface area contributed by atoms with Crippen LogP contribution in [-0.4, -0.2) is 41.1 Å². The molecule has 23 heavy (non-hydrogen) atoms. The van der Waals surface area contributed by atoms with E-state index in [-0.39, 0.29) is 18.0 Å². The third kappa shape index (κ3) is 3.98. The first kappa shape index (κ1) is 16.8. The van der Waals surface area contributed by atoms with Gasteiger partial charge in [0, 0.05) is 16.6 Å². The molecule has 1 aromatic rings. The summed E-state index contributed by atoms with van der Waals surface area (Å²) in [7, 11) is 0. The number of carbonyl (C=O) groups is 3. The van der Waals surface area contributed by atoms with Crippen molar-refractivity contribution in [1.82, 2.24) is 10.2 Å². The minimum atomic E-state index is -1.12. The number of halogens is 1. The number of hydrogen-bond acceptors (Lipinski definition) is 4. The molecule has 0 saturated carbocycles. The highest BCUT2D eigenvalue weighted by Gasteiger charge is 2.32. The highest BCUT2D eigenvalue weighted by molar-refractivity contribution is 9.10. The molecule has 120 valence electrons. The number of nitrogens with zero attached hydrogens (tertiary/aromatic N) is 1. The Morgan fingerprint density at radius 3 is 2.83 bits per heavy atom. The molecule has 0 unspecified atom stereocenters. The van der Waals surface area contributed by atoms with Crippen LogP contribution in [0, 0.1) is 0 Å². The van der Waals surface area contributed by atoms with Gasteiger partial charge in [-0.15, -0.1) is 6.58 Å². The van der Waals surface area contributed by atoms with Crippen molar-refractivity contribution in [1.29, 1.82) is 0 Å². The fourth-order valence-electron chi connectivity index (χ4n) is 1.93. The monoisotopic (exact) mass is 380 g/mol. The number of carbonyl (C=O) groups excluding carboxylic acids is 2. The SMILES string of the molecule is C=CCN1C(=O)N/C(=C/c2cc(Br)ccc2OCC(=O)O)C1=O. The van der Waals surface area contributed by atoms with Crippen LogP contribution in [0.15, 0.2) is 41.0 Å². The van der Waals surface area contributed by atoms with Crippen molar-refractivity contribution in [2.45, 2.75) is 0 Å². The predicted molar refractivity (Wildman–Crippen MR) is 85.7 cm³/mol. The minimum Gasteiger partial charge on any atom is -0.481 e. The van der Waals surface area contributed by atoms with Gasteiger partial charge in [0.05, 0.1) is 0 Å². The van der Waals surface area contributed by atoms with Crippen molar-refractivity contribution in [3.8, 4) is 5.75 Å². The first-order valence-corrected chi connectivity index (χ1v) is 7.31. The minimum absolute atomic E-state index is 0.0788. The first-order valence-electron chi connectivity index (χ1n) is 6.52. The van der Waals surface area contributed by atoms with E-state index in [1.807, 2.05) is 0 Å². The van der Waals surface area contributed by atoms with Crippen LogP contribution in [0.1, 0.15) is 5.56 Å². The van der Waals surface area contributed by atoms with Gasteiger partial charge in [0.1, 0.15) is 11.4 Å². The number of carboxylic acids is 1. The molecule has 0 aliphatic carbocycles. The molecule has 0 aromatic heterocycles. The van der Waals surface area contributed by atoms with Crippen molar-refractivity contribution < 1.29 is 24.2 Å². The van der Waals surface area contributed by atoms with Gasteiger partial charge in [0.25, 0.3) is 5.91 Å². The second kappa shape index (κ2) is 7.10. The van der Waals surface area contributed by atoms with E-state index < -0.39 is 24.5 Å². The zero-order chi connectivity index (χ0) is 17.0. The summed E-state index contributed by atoms with van der Waals surface area (Å²) in [5.74, 6) is -1.32. The number of benzene rings is 1. The van der Waals surface area contributed by atoms with Crippen LogP contribution in [0.25, 0.3) is 6.08 Å². The lowest BCUT2D eigenvalue weighted by Gasteiger charge is -2.09. The summed E-state index contributed by atoms with van der Waals surface area (Å²) < 4.78 is 5.90. The average Bonchev–Trinajstić information content (AvgIpc) is 2.74. The molecular weight excluding hydrogens is 368 g/mol. The standard InChI is InChI=1S/C15H13BrN2O5/c1-2-5-18-14(21)11(17-15(18)22)7-9-6-10(16)3-4-12(9)23-8-13(19)20/h2-4,6-7H,1,5,8H2,(H,17,22)(H,19,20)/b11-7+. The van der Waals surface area contributed by atoms with E-state index in [1.165, 1.54) is 12.2 Å². The molecule has 8 heteroatoms. The maximum atomic E-state index is 12.2. The topological polar surface area (TPSA) is 95.9 Å². The Balaban J connectivity index is 2.33. The van der Waals surface area contributed by atoms with Crippen molar-refractivity contribution in [2.75, 3.05) is 13.2 Å². The Labute approximate surface area is 140 Å². The third-order valence-electron chi connectivity index (χ3n) is 2.90. The summed E-state index contributed by atoms with van der Waals surface area (Å²) in [6.45, 7) is 3.08. The van der Waals surface area contributed by atoms with Crippen LogP contribution in [0.2, 0.25) is 0 Å². The maximum absolute atomic E-state index is 12.2. The molecule has 0 spiro atoms. The smallest absolute Gasteiger partial charge is 0.341 e. The van der Waals surface area contributed by atoms with Crippen molar-refractivity contribution in [2.24, 2.45) is 0 Å². The molecule has 1 aliphatic rings. The number of imide groups is 1. The van der Waals surface area contributed by atoms with E-state index in [4.69, 9.17) is 9.84 Å². The van der Waals surface area contributed by atoms with Gasteiger partial charge >= 0.3 is 12.0 Å². The zero-order valence-electron chi connectivity index (χ0n) is 11.9. The maximum Gasteiger partial charge on any atom is 0.341 e. The van der Waals surface area contributed by atoms with E-state index in [2.05, 4.69) is 27.8 Å². The molecule has 1 fully saturated rings. The highest BCUT2D eigenvalue weighted by Crippen LogP contribution is 2.26. The summed E-state index contributed by atoms with van der Waals surface area (Å²) in [5, 5.41) is 11.2. The Morgan fingerprint density at radius 2 is 2.17 bits per heavy atom. The largest absolute Gasteiger partial charge is 0.481 e. The molecule has 3 amide bonds. The molecular formula is C15H13BrN2O5. The van der Waals surface area contributed by atoms with Crippen LogP contribution in [-0.2, 0) is 9.59 Å². The molecule has 1 aliphatic heterocycles. The molecule has 1 aromatic carbocycles. The van der Waals surface area contributed by atoms with Crippen LogP contribution in [0.5, 0.6) is 5.75 Å². The number of aliphatic carboxylic acids is 1. The lowest BCUT2D eigenvalue weighted by molar-refractivity contribution is -0.139. The summed E-state index contributed by atoms with van der Waals surface area (Å²) in [5.41, 5.74) is 0.542. The van der Waals surface area contributed by atoms with E-state index in [0.29, 0.717) is 10.0 Å². The Hall–Kier alpha value is -2.61. The van der Waals surface area contributed by atoms with Gasteiger partial charge in [-0.05, 0) is 24.3 Å². The van der Waals surface area contributed by atoms with Crippen molar-refractivity contribution in [3.63, 3.8) is 0 Å². The molecule has 2 rings (SSSR count). The molecule has 1 heterocycles. The van der Waals surface area contributed by atoms with Gasteiger partial charge in [0.2, 0.25) is 0 Å². The third-order valence-corrected chi connectivity index (χ3v) is 3.39.